The van der Waals surface area contributed by atoms with Crippen LogP contribution in [0.5, 0.6) is 17.2 Å². The number of unbranched alkanes of at least 4 members (excludes halogenated alkanes) is 1. The SMILES string of the molecule is CCCCNC(=O)C[C@H](O)[C@H](CC(C)C)NC(=O)[C@@H](NC(=O)c1ccc(Oc2ccc(C(=O)[C@H](C)NC(=O)[C@H](C)NCCCC(C)Nc3cc(OC)cc4cccnc34)cc2)cc1)[C@@H](C)CC. The summed E-state index contributed by atoms with van der Waals surface area (Å²) in [6.07, 6.45) is 5.04. The van der Waals surface area contributed by atoms with Crippen molar-refractivity contribution in [2.75, 3.05) is 25.5 Å². The normalized spacial score (nSPS) is 14.4. The summed E-state index contributed by atoms with van der Waals surface area (Å²) in [5.74, 6) is -0.0946. The smallest absolute Gasteiger partial charge is 0.251 e. The van der Waals surface area contributed by atoms with Gasteiger partial charge in [0.25, 0.3) is 5.91 Å². The summed E-state index contributed by atoms with van der Waals surface area (Å²) in [5, 5.41) is 30.2. The number of ketones is 1. The van der Waals surface area contributed by atoms with Crippen LogP contribution in [0.25, 0.3) is 10.9 Å². The van der Waals surface area contributed by atoms with Gasteiger partial charge in [0.05, 0.1) is 49.0 Å². The minimum atomic E-state index is -1.09. The Morgan fingerprint density at radius 1 is 0.746 bits per heavy atom. The van der Waals surface area contributed by atoms with Gasteiger partial charge in [-0.1, -0.05) is 53.5 Å². The van der Waals surface area contributed by atoms with Crippen LogP contribution in [0.1, 0.15) is 121 Å². The van der Waals surface area contributed by atoms with Gasteiger partial charge in [0.2, 0.25) is 17.7 Å². The highest BCUT2D eigenvalue weighted by molar-refractivity contribution is 6.02. The zero-order valence-electron chi connectivity index (χ0n) is 40.7. The van der Waals surface area contributed by atoms with Gasteiger partial charge in [0.15, 0.2) is 5.78 Å². The number of ether oxygens (including phenoxy) is 2. The average molecular weight is 924 g/mol. The van der Waals surface area contributed by atoms with Crippen molar-refractivity contribution in [1.29, 1.82) is 0 Å². The van der Waals surface area contributed by atoms with Gasteiger partial charge in [-0.15, -0.1) is 0 Å². The molecule has 4 amide bonds. The Hall–Kier alpha value is -6.06. The van der Waals surface area contributed by atoms with Gasteiger partial charge in [0, 0.05) is 41.4 Å². The van der Waals surface area contributed by atoms with Crippen LogP contribution in [-0.4, -0.2) is 96.0 Å². The van der Waals surface area contributed by atoms with E-state index in [-0.39, 0.29) is 41.9 Å². The quantitative estimate of drug-likeness (QED) is 0.0222. The van der Waals surface area contributed by atoms with E-state index >= 15 is 0 Å². The molecule has 0 fully saturated rings. The monoisotopic (exact) mass is 924 g/mol. The lowest BCUT2D eigenvalue weighted by Gasteiger charge is -2.30. The molecule has 15 nitrogen and oxygen atoms in total. The molecule has 4 rings (SSSR count). The minimum absolute atomic E-state index is 0.133. The van der Waals surface area contributed by atoms with Crippen molar-refractivity contribution in [2.24, 2.45) is 11.8 Å². The number of aliphatic hydroxyl groups is 1. The largest absolute Gasteiger partial charge is 0.497 e. The summed E-state index contributed by atoms with van der Waals surface area (Å²) < 4.78 is 11.5. The third-order valence-corrected chi connectivity index (χ3v) is 11.8. The summed E-state index contributed by atoms with van der Waals surface area (Å²) in [4.78, 5) is 70.4. The van der Waals surface area contributed by atoms with Crippen LogP contribution >= 0.6 is 0 Å². The highest BCUT2D eigenvalue weighted by Gasteiger charge is 2.31. The van der Waals surface area contributed by atoms with Crippen LogP contribution < -0.4 is 41.4 Å². The minimum Gasteiger partial charge on any atom is -0.497 e. The Labute approximate surface area is 396 Å². The Bertz CT molecular complexity index is 2220. The van der Waals surface area contributed by atoms with Crippen molar-refractivity contribution >= 4 is 46.0 Å². The molecule has 0 spiro atoms. The molecule has 1 aromatic heterocycles. The standard InChI is InChI=1S/C52H73N7O8/c1-10-12-25-54-46(61)31-45(60)43(28-32(3)4)58-52(65)47(33(5)11-2)59-51(64)38-19-23-41(24-20-38)67-40-21-17-37(18-22-40)49(62)35(7)57-50(63)36(8)53-26-13-15-34(6)56-44-30-42(66-9)29-39-16-14-27-55-48(39)44/h14,16-24,27,29-30,32-36,43,45,47,53,56,60H,10-13,15,25-26,28,31H2,1-9H3,(H,54,61)(H,57,63)(H,58,65)(H,59,64)/t33-,34?,35-,36-,43-,45-,47-/m0/s1. The number of nitrogens with one attached hydrogen (secondary N) is 6. The number of carbonyl (C=O) groups excluding carboxylic acids is 5. The van der Waals surface area contributed by atoms with Gasteiger partial charge in [0.1, 0.15) is 23.3 Å². The van der Waals surface area contributed by atoms with Crippen LogP contribution in [-0.2, 0) is 14.4 Å². The topological polar surface area (TPSA) is 209 Å². The molecule has 0 aliphatic carbocycles. The molecule has 1 unspecified atom stereocenters. The molecule has 15 heteroatoms. The zero-order chi connectivity index (χ0) is 49.0. The first-order valence-corrected chi connectivity index (χ1v) is 23.7. The highest BCUT2D eigenvalue weighted by atomic mass is 16.5. The number of aromatic nitrogens is 1. The van der Waals surface area contributed by atoms with Gasteiger partial charge in [-0.25, -0.2) is 0 Å². The number of fused-ring (bicyclic) bond motifs is 1. The van der Waals surface area contributed by atoms with Crippen LogP contribution in [0, 0.1) is 11.8 Å². The van der Waals surface area contributed by atoms with Crippen LogP contribution in [0.4, 0.5) is 5.69 Å². The molecule has 4 aromatic rings. The number of rotatable bonds is 28. The molecule has 7 N–H and O–H groups in total. The summed E-state index contributed by atoms with van der Waals surface area (Å²) in [5.41, 5.74) is 2.51. The first-order chi connectivity index (χ1) is 32.0. The fourth-order valence-electron chi connectivity index (χ4n) is 7.53. The van der Waals surface area contributed by atoms with E-state index in [4.69, 9.17) is 9.47 Å². The van der Waals surface area contributed by atoms with E-state index in [0.29, 0.717) is 48.6 Å². The molecular weight excluding hydrogens is 851 g/mol. The van der Waals surface area contributed by atoms with E-state index in [9.17, 15) is 29.1 Å². The van der Waals surface area contributed by atoms with Crippen LogP contribution in [0.2, 0.25) is 0 Å². The third kappa shape index (κ3) is 17.0. The van der Waals surface area contributed by atoms with Crippen molar-refractivity contribution in [3.8, 4) is 17.2 Å². The number of carbonyl (C=O) groups is 5. The molecule has 0 saturated carbocycles. The summed E-state index contributed by atoms with van der Waals surface area (Å²) >= 11 is 0. The molecule has 0 aliphatic heterocycles. The molecule has 67 heavy (non-hydrogen) atoms. The lowest BCUT2D eigenvalue weighted by molar-refractivity contribution is -0.128. The number of benzene rings is 3. The molecular formula is C52H73N7O8. The van der Waals surface area contributed by atoms with Gasteiger partial charge >= 0.3 is 0 Å². The number of hydrogen-bond donors (Lipinski definition) is 7. The number of pyridine rings is 1. The Kier molecular flexibility index (Phi) is 21.5. The van der Waals surface area contributed by atoms with Crippen LogP contribution in [0.3, 0.4) is 0 Å². The third-order valence-electron chi connectivity index (χ3n) is 11.8. The number of hydrogen-bond acceptors (Lipinski definition) is 11. The second-order valence-corrected chi connectivity index (χ2v) is 17.9. The second-order valence-electron chi connectivity index (χ2n) is 17.9. The molecule has 0 saturated heterocycles. The van der Waals surface area contributed by atoms with Crippen molar-refractivity contribution in [3.05, 3.63) is 90.1 Å². The number of methoxy groups -OCH3 is 1. The predicted molar refractivity (Wildman–Crippen MR) is 264 cm³/mol. The number of aliphatic hydroxyl groups excluding tert-OH is 1. The first kappa shape index (κ1) is 53.6. The number of Topliss-reactive ketones (excluding diaryl/α,β-unsaturated/α-hetero) is 1. The maximum Gasteiger partial charge on any atom is 0.251 e. The van der Waals surface area contributed by atoms with Gasteiger partial charge in [-0.3, -0.25) is 29.0 Å². The van der Waals surface area contributed by atoms with E-state index in [1.165, 1.54) is 0 Å². The summed E-state index contributed by atoms with van der Waals surface area (Å²) in [7, 11) is 1.64. The molecule has 0 radical (unpaired) electrons. The van der Waals surface area contributed by atoms with Crippen molar-refractivity contribution in [2.45, 2.75) is 137 Å². The summed E-state index contributed by atoms with van der Waals surface area (Å²) in [6, 6.07) is 18.2. The lowest BCUT2D eigenvalue weighted by Crippen LogP contribution is -2.55. The van der Waals surface area contributed by atoms with E-state index in [2.05, 4.69) is 43.8 Å². The van der Waals surface area contributed by atoms with Crippen LogP contribution in [0.15, 0.2) is 79.0 Å². The number of nitrogens with zero attached hydrogens (tertiary/aromatic N) is 1. The second kappa shape index (κ2) is 26.9. The van der Waals surface area contributed by atoms with Crippen molar-refractivity contribution in [3.63, 3.8) is 0 Å². The molecule has 1 heterocycles. The average Bonchev–Trinajstić information content (AvgIpc) is 3.31. The van der Waals surface area contributed by atoms with E-state index in [0.717, 1.165) is 48.0 Å². The maximum absolute atomic E-state index is 13.7. The van der Waals surface area contributed by atoms with Crippen molar-refractivity contribution < 1.29 is 38.6 Å². The van der Waals surface area contributed by atoms with Gasteiger partial charge in [-0.05, 0) is 125 Å². The Morgan fingerprint density at radius 3 is 2.04 bits per heavy atom. The predicted octanol–water partition coefficient (Wildman–Crippen LogP) is 7.32. The molecule has 3 aromatic carbocycles. The highest BCUT2D eigenvalue weighted by Crippen LogP contribution is 2.29. The number of anilines is 1. The van der Waals surface area contributed by atoms with E-state index in [1.54, 1.807) is 75.7 Å². The number of amides is 4. The fraction of sp³-hybridized carbons (Fsp3) is 0.500. The molecule has 0 aliphatic rings. The first-order valence-electron chi connectivity index (χ1n) is 23.7. The maximum atomic E-state index is 13.7. The van der Waals surface area contributed by atoms with Gasteiger partial charge in [-0.2, -0.15) is 0 Å². The Balaban J connectivity index is 1.23. The summed E-state index contributed by atoms with van der Waals surface area (Å²) in [6.45, 7) is 16.5. The lowest BCUT2D eigenvalue weighted by atomic mass is 9.94. The van der Waals surface area contributed by atoms with Gasteiger partial charge < -0.3 is 46.5 Å². The zero-order valence-corrected chi connectivity index (χ0v) is 40.7. The van der Waals surface area contributed by atoms with E-state index < -0.39 is 42.1 Å². The molecule has 0 bridgehead atoms. The Morgan fingerprint density at radius 2 is 1.42 bits per heavy atom. The van der Waals surface area contributed by atoms with Crippen molar-refractivity contribution in [1.82, 2.24) is 31.6 Å². The van der Waals surface area contributed by atoms with E-state index in [1.807, 2.05) is 58.9 Å². The fourth-order valence-corrected chi connectivity index (χ4v) is 7.53. The molecule has 364 valence electrons. The molecule has 7 atom stereocenters.